The summed E-state index contributed by atoms with van der Waals surface area (Å²) in [5, 5.41) is 14.0. The monoisotopic (exact) mass is 226 g/mol. The Balaban J connectivity index is 2.95. The molecule has 80 valence electrons. The second-order valence-electron chi connectivity index (χ2n) is 3.23. The Labute approximate surface area is 92.7 Å². The summed E-state index contributed by atoms with van der Waals surface area (Å²) in [5.41, 5.74) is 1.33. The van der Waals surface area contributed by atoms with Crippen LogP contribution in [0.1, 0.15) is 6.92 Å². The molecule has 5 heteroatoms. The molecule has 0 atom stereocenters. The Kier molecular flexibility index (Phi) is 3.68. The van der Waals surface area contributed by atoms with E-state index in [2.05, 4.69) is 11.9 Å². The van der Waals surface area contributed by atoms with E-state index in [4.69, 9.17) is 11.6 Å². The van der Waals surface area contributed by atoms with Gasteiger partial charge in [-0.25, -0.2) is 0 Å². The zero-order chi connectivity index (χ0) is 11.4. The summed E-state index contributed by atoms with van der Waals surface area (Å²) in [6.07, 6.45) is 0. The van der Waals surface area contributed by atoms with Crippen molar-refractivity contribution in [2.24, 2.45) is 0 Å². The normalized spacial score (nSPS) is 9.73. The lowest BCUT2D eigenvalue weighted by atomic mass is 10.2. The molecule has 0 aromatic heterocycles. The third kappa shape index (κ3) is 3.25. The molecule has 0 saturated carbocycles. The molecule has 15 heavy (non-hydrogen) atoms. The molecule has 1 N–H and O–H groups in total. The number of hydrogen-bond acceptors (Lipinski definition) is 3. The van der Waals surface area contributed by atoms with Crippen molar-refractivity contribution in [3.63, 3.8) is 0 Å². The topological polar surface area (TPSA) is 55.2 Å². The molecular formula is C10H11ClN2O2. The molecule has 0 saturated heterocycles. The van der Waals surface area contributed by atoms with Crippen LogP contribution in [0.3, 0.4) is 0 Å². The van der Waals surface area contributed by atoms with Crippen LogP contribution in [-0.2, 0) is 0 Å². The van der Waals surface area contributed by atoms with E-state index < -0.39 is 4.92 Å². The van der Waals surface area contributed by atoms with Crippen molar-refractivity contribution in [2.45, 2.75) is 6.92 Å². The number of nitro groups is 1. The Morgan fingerprint density at radius 3 is 2.87 bits per heavy atom. The molecule has 0 radical (unpaired) electrons. The fraction of sp³-hybridized carbons (Fsp3) is 0.200. The molecule has 1 aromatic rings. The second kappa shape index (κ2) is 4.79. The van der Waals surface area contributed by atoms with E-state index in [0.717, 1.165) is 5.57 Å². The van der Waals surface area contributed by atoms with Crippen LogP contribution in [0.4, 0.5) is 11.4 Å². The molecule has 0 unspecified atom stereocenters. The van der Waals surface area contributed by atoms with Crippen molar-refractivity contribution in [2.75, 3.05) is 11.9 Å². The molecule has 0 bridgehead atoms. The Bertz CT molecular complexity index is 404. The van der Waals surface area contributed by atoms with Crippen LogP contribution in [-0.4, -0.2) is 11.5 Å². The molecule has 0 aliphatic heterocycles. The second-order valence-corrected chi connectivity index (χ2v) is 3.67. The summed E-state index contributed by atoms with van der Waals surface area (Å²) in [6, 6.07) is 4.51. The first-order valence-corrected chi connectivity index (χ1v) is 4.70. The summed E-state index contributed by atoms with van der Waals surface area (Å²) in [7, 11) is 0. The van der Waals surface area contributed by atoms with Gasteiger partial charge < -0.3 is 5.32 Å². The number of rotatable bonds is 4. The summed E-state index contributed by atoms with van der Waals surface area (Å²) >= 11 is 5.67. The molecule has 1 aromatic carbocycles. The van der Waals surface area contributed by atoms with Crippen molar-refractivity contribution >= 4 is 23.0 Å². The van der Waals surface area contributed by atoms with Gasteiger partial charge in [0, 0.05) is 17.6 Å². The number of benzene rings is 1. The van der Waals surface area contributed by atoms with Gasteiger partial charge in [-0.1, -0.05) is 23.8 Å². The Morgan fingerprint density at radius 2 is 2.33 bits per heavy atom. The zero-order valence-electron chi connectivity index (χ0n) is 8.29. The minimum atomic E-state index is -0.466. The van der Waals surface area contributed by atoms with E-state index in [1.54, 1.807) is 12.1 Å². The summed E-state index contributed by atoms with van der Waals surface area (Å²) in [6.45, 7) is 6.05. The van der Waals surface area contributed by atoms with Gasteiger partial charge in [0.2, 0.25) is 0 Å². The van der Waals surface area contributed by atoms with E-state index in [1.165, 1.54) is 6.07 Å². The van der Waals surface area contributed by atoms with Crippen molar-refractivity contribution < 1.29 is 4.92 Å². The molecular weight excluding hydrogens is 216 g/mol. The van der Waals surface area contributed by atoms with Gasteiger partial charge in [-0.05, 0) is 19.1 Å². The minimum Gasteiger partial charge on any atom is -0.376 e. The third-order valence-electron chi connectivity index (χ3n) is 1.74. The molecule has 0 fully saturated rings. The molecule has 0 spiro atoms. The fourth-order valence-electron chi connectivity index (χ4n) is 1.05. The van der Waals surface area contributed by atoms with E-state index in [9.17, 15) is 10.1 Å². The van der Waals surface area contributed by atoms with E-state index in [-0.39, 0.29) is 5.69 Å². The lowest BCUT2D eigenvalue weighted by molar-refractivity contribution is -0.383. The van der Waals surface area contributed by atoms with Gasteiger partial charge >= 0.3 is 0 Å². The van der Waals surface area contributed by atoms with Crippen molar-refractivity contribution in [1.29, 1.82) is 0 Å². The highest BCUT2D eigenvalue weighted by Crippen LogP contribution is 2.27. The standard InChI is InChI=1S/C10H11ClN2O2/c1-7(2)6-12-9-4-3-8(11)5-10(9)13(14)15/h3-5,12H,1,6H2,2H3. The first kappa shape index (κ1) is 11.5. The predicted octanol–water partition coefficient (Wildman–Crippen LogP) is 3.24. The molecule has 0 amide bonds. The van der Waals surface area contributed by atoms with Gasteiger partial charge in [-0.2, -0.15) is 0 Å². The van der Waals surface area contributed by atoms with Gasteiger partial charge in [-0.3, -0.25) is 10.1 Å². The maximum absolute atomic E-state index is 10.7. The van der Waals surface area contributed by atoms with Crippen LogP contribution in [0.5, 0.6) is 0 Å². The number of hydrogen-bond donors (Lipinski definition) is 1. The fourth-order valence-corrected chi connectivity index (χ4v) is 1.22. The molecule has 1 rings (SSSR count). The number of anilines is 1. The maximum atomic E-state index is 10.7. The van der Waals surface area contributed by atoms with Crippen LogP contribution in [0.25, 0.3) is 0 Å². The molecule has 0 heterocycles. The average molecular weight is 227 g/mol. The SMILES string of the molecule is C=C(C)CNc1ccc(Cl)cc1[N+](=O)[O-]. The van der Waals surface area contributed by atoms with Gasteiger partial charge in [0.05, 0.1) is 4.92 Å². The summed E-state index contributed by atoms with van der Waals surface area (Å²) in [4.78, 5) is 10.2. The quantitative estimate of drug-likeness (QED) is 0.487. The number of nitro benzene ring substituents is 1. The average Bonchev–Trinajstić information content (AvgIpc) is 2.15. The van der Waals surface area contributed by atoms with Gasteiger partial charge in [-0.15, -0.1) is 0 Å². The van der Waals surface area contributed by atoms with Crippen molar-refractivity contribution in [3.05, 3.63) is 45.5 Å². The zero-order valence-corrected chi connectivity index (χ0v) is 9.04. The lowest BCUT2D eigenvalue weighted by Crippen LogP contribution is -2.04. The number of halogens is 1. The van der Waals surface area contributed by atoms with Crippen molar-refractivity contribution in [1.82, 2.24) is 0 Å². The number of nitrogens with one attached hydrogen (secondary N) is 1. The highest BCUT2D eigenvalue weighted by Gasteiger charge is 2.13. The van der Waals surface area contributed by atoms with Gasteiger partial charge in [0.15, 0.2) is 0 Å². The van der Waals surface area contributed by atoms with Crippen LogP contribution in [0.15, 0.2) is 30.4 Å². The van der Waals surface area contributed by atoms with E-state index in [1.807, 2.05) is 6.92 Å². The minimum absolute atomic E-state index is 0.0243. The summed E-state index contributed by atoms with van der Waals surface area (Å²) < 4.78 is 0. The van der Waals surface area contributed by atoms with Gasteiger partial charge in [0.25, 0.3) is 5.69 Å². The number of nitrogens with zero attached hydrogens (tertiary/aromatic N) is 1. The van der Waals surface area contributed by atoms with E-state index in [0.29, 0.717) is 17.3 Å². The van der Waals surface area contributed by atoms with Crippen molar-refractivity contribution in [3.8, 4) is 0 Å². The van der Waals surface area contributed by atoms with Gasteiger partial charge in [0.1, 0.15) is 5.69 Å². The molecule has 0 aliphatic rings. The Morgan fingerprint density at radius 1 is 1.67 bits per heavy atom. The van der Waals surface area contributed by atoms with Crippen LogP contribution in [0.2, 0.25) is 5.02 Å². The van der Waals surface area contributed by atoms with E-state index >= 15 is 0 Å². The van der Waals surface area contributed by atoms with Crippen LogP contribution < -0.4 is 5.32 Å². The predicted molar refractivity (Wildman–Crippen MR) is 61.4 cm³/mol. The highest BCUT2D eigenvalue weighted by atomic mass is 35.5. The van der Waals surface area contributed by atoms with Crippen LogP contribution >= 0.6 is 11.6 Å². The lowest BCUT2D eigenvalue weighted by Gasteiger charge is -2.06. The Hall–Kier alpha value is -1.55. The molecule has 0 aliphatic carbocycles. The highest BCUT2D eigenvalue weighted by molar-refractivity contribution is 6.30. The first-order chi connectivity index (χ1) is 7.00. The third-order valence-corrected chi connectivity index (χ3v) is 1.97. The molecule has 4 nitrogen and oxygen atoms in total. The smallest absolute Gasteiger partial charge is 0.293 e. The maximum Gasteiger partial charge on any atom is 0.293 e. The largest absolute Gasteiger partial charge is 0.376 e. The van der Waals surface area contributed by atoms with Crippen LogP contribution in [0, 0.1) is 10.1 Å². The first-order valence-electron chi connectivity index (χ1n) is 4.33. The summed E-state index contributed by atoms with van der Waals surface area (Å²) in [5.74, 6) is 0.